The smallest absolute Gasteiger partial charge is 0.193 e. The molecular weight excluding hydrogens is 256 g/mol. The lowest BCUT2D eigenvalue weighted by Crippen LogP contribution is -2.15. The van der Waals surface area contributed by atoms with Gasteiger partial charge in [-0.25, -0.2) is 4.98 Å². The Morgan fingerprint density at radius 1 is 1.27 bits per heavy atom. The molecule has 0 fully saturated rings. The highest BCUT2D eigenvalue weighted by atomic mass is 79.9. The van der Waals surface area contributed by atoms with Gasteiger partial charge in [0, 0.05) is 0 Å². The van der Waals surface area contributed by atoms with Gasteiger partial charge >= 0.3 is 0 Å². The van der Waals surface area contributed by atoms with Crippen LogP contribution in [0.25, 0.3) is 0 Å². The molecule has 0 spiro atoms. The first-order chi connectivity index (χ1) is 7.22. The molecule has 1 aliphatic carbocycles. The second-order valence-electron chi connectivity index (χ2n) is 3.81. The number of fused-ring (bicyclic) bond motifs is 1. The van der Waals surface area contributed by atoms with Crippen LogP contribution in [0.4, 0.5) is 0 Å². The van der Waals surface area contributed by atoms with E-state index >= 15 is 0 Å². The van der Waals surface area contributed by atoms with Crippen molar-refractivity contribution in [1.29, 1.82) is 0 Å². The van der Waals surface area contributed by atoms with Crippen molar-refractivity contribution in [2.45, 2.75) is 32.6 Å². The second kappa shape index (κ2) is 4.39. The van der Waals surface area contributed by atoms with Gasteiger partial charge in [0.2, 0.25) is 0 Å². The molecule has 0 atom stereocenters. The summed E-state index contributed by atoms with van der Waals surface area (Å²) in [6, 6.07) is 0. The highest BCUT2D eigenvalue weighted by Gasteiger charge is 2.17. The first-order valence-electron chi connectivity index (χ1n) is 5.18. The Bertz CT molecular complexity index is 404. The normalized spacial score (nSPS) is 14.8. The Kier molecular flexibility index (Phi) is 3.14. The van der Waals surface area contributed by atoms with E-state index < -0.39 is 0 Å². The number of aryl methyl sites for hydroxylation is 3. The van der Waals surface area contributed by atoms with Gasteiger partial charge in [-0.2, -0.15) is 0 Å². The molecule has 0 radical (unpaired) electrons. The van der Waals surface area contributed by atoms with E-state index in [1.165, 1.54) is 6.42 Å². The van der Waals surface area contributed by atoms with Crippen LogP contribution in [0.1, 0.15) is 40.4 Å². The van der Waals surface area contributed by atoms with Crippen molar-refractivity contribution in [3.63, 3.8) is 0 Å². The van der Waals surface area contributed by atoms with Crippen LogP contribution in [-0.4, -0.2) is 21.1 Å². The molecule has 80 valence electrons. The predicted octanol–water partition coefficient (Wildman–Crippen LogP) is 2.24. The van der Waals surface area contributed by atoms with E-state index in [0.29, 0.717) is 11.0 Å². The maximum Gasteiger partial charge on any atom is 0.193 e. The molecule has 3 nitrogen and oxygen atoms in total. The number of aromatic nitrogens is 2. The minimum Gasteiger partial charge on any atom is -0.291 e. The summed E-state index contributed by atoms with van der Waals surface area (Å²) in [6.45, 7) is 1.86. The summed E-state index contributed by atoms with van der Waals surface area (Å²) < 4.78 is 0. The highest BCUT2D eigenvalue weighted by Crippen LogP contribution is 2.19. The first-order valence-corrected chi connectivity index (χ1v) is 6.30. The van der Waals surface area contributed by atoms with E-state index in [4.69, 9.17) is 0 Å². The molecule has 1 aromatic rings. The number of hydrogen-bond donors (Lipinski definition) is 0. The fourth-order valence-corrected chi connectivity index (χ4v) is 2.18. The second-order valence-corrected chi connectivity index (χ2v) is 4.38. The Balaban J connectivity index is 2.44. The van der Waals surface area contributed by atoms with Crippen LogP contribution in [0.15, 0.2) is 0 Å². The van der Waals surface area contributed by atoms with Gasteiger partial charge in [0.1, 0.15) is 5.69 Å². The number of carbonyl (C=O) groups is 1. The molecule has 1 aliphatic rings. The van der Waals surface area contributed by atoms with Gasteiger partial charge in [-0.05, 0) is 32.6 Å². The molecule has 1 aromatic heterocycles. The number of halogens is 1. The number of hydrogen-bond acceptors (Lipinski definition) is 3. The molecule has 0 N–H and O–H groups in total. The third-order valence-corrected chi connectivity index (χ3v) is 3.20. The van der Waals surface area contributed by atoms with E-state index in [2.05, 4.69) is 25.9 Å². The molecule has 0 bridgehead atoms. The zero-order valence-electron chi connectivity index (χ0n) is 8.72. The summed E-state index contributed by atoms with van der Waals surface area (Å²) in [5.41, 5.74) is 3.41. The molecule has 2 rings (SSSR count). The SMILES string of the molecule is Cc1nc2c(nc1C(=O)CBr)CCCC2. The van der Waals surface area contributed by atoms with Gasteiger partial charge in [0.15, 0.2) is 5.78 Å². The maximum absolute atomic E-state index is 11.6. The van der Waals surface area contributed by atoms with Crippen LogP contribution in [0.3, 0.4) is 0 Å². The van der Waals surface area contributed by atoms with E-state index in [-0.39, 0.29) is 5.78 Å². The number of nitrogens with zero attached hydrogens (tertiary/aromatic N) is 2. The standard InChI is InChI=1S/C11H13BrN2O/c1-7-11(10(15)6-12)14-9-5-3-2-4-8(9)13-7/h2-6H2,1H3. The molecule has 0 saturated heterocycles. The van der Waals surface area contributed by atoms with Gasteiger partial charge in [-0.3, -0.25) is 9.78 Å². The summed E-state index contributed by atoms with van der Waals surface area (Å²) in [4.78, 5) is 20.5. The molecule has 1 heterocycles. The van der Waals surface area contributed by atoms with Crippen molar-refractivity contribution in [2.75, 3.05) is 5.33 Å². The number of alkyl halides is 1. The summed E-state index contributed by atoms with van der Waals surface area (Å²) >= 11 is 3.16. The van der Waals surface area contributed by atoms with E-state index in [9.17, 15) is 4.79 Å². The lowest BCUT2D eigenvalue weighted by Gasteiger charge is -2.15. The summed E-state index contributed by atoms with van der Waals surface area (Å²) in [5, 5.41) is 0.321. The van der Waals surface area contributed by atoms with Gasteiger partial charge in [-0.15, -0.1) is 0 Å². The van der Waals surface area contributed by atoms with Crippen molar-refractivity contribution in [3.8, 4) is 0 Å². The molecule has 0 aliphatic heterocycles. The van der Waals surface area contributed by atoms with Crippen LogP contribution < -0.4 is 0 Å². The Morgan fingerprint density at radius 2 is 1.87 bits per heavy atom. The third kappa shape index (κ3) is 2.09. The molecule has 0 unspecified atom stereocenters. The van der Waals surface area contributed by atoms with Gasteiger partial charge in [-0.1, -0.05) is 15.9 Å². The molecule has 0 amide bonds. The van der Waals surface area contributed by atoms with Crippen LogP contribution in [-0.2, 0) is 12.8 Å². The topological polar surface area (TPSA) is 42.9 Å². The monoisotopic (exact) mass is 268 g/mol. The fraction of sp³-hybridized carbons (Fsp3) is 0.545. The fourth-order valence-electron chi connectivity index (χ4n) is 1.91. The van der Waals surface area contributed by atoms with E-state index in [1.807, 2.05) is 6.92 Å². The van der Waals surface area contributed by atoms with Crippen molar-refractivity contribution in [3.05, 3.63) is 22.8 Å². The van der Waals surface area contributed by atoms with Crippen LogP contribution >= 0.6 is 15.9 Å². The minimum atomic E-state index is 0.0216. The van der Waals surface area contributed by atoms with Gasteiger partial charge < -0.3 is 0 Å². The first kappa shape index (κ1) is 10.7. The van der Waals surface area contributed by atoms with Crippen molar-refractivity contribution in [2.24, 2.45) is 0 Å². The predicted molar refractivity (Wildman–Crippen MR) is 61.5 cm³/mol. The maximum atomic E-state index is 11.6. The van der Waals surface area contributed by atoms with Crippen LogP contribution in [0.2, 0.25) is 0 Å². The summed E-state index contributed by atoms with van der Waals surface area (Å²) in [6.07, 6.45) is 4.32. The Labute approximate surface area is 97.4 Å². The molecule has 0 aromatic carbocycles. The zero-order valence-corrected chi connectivity index (χ0v) is 10.3. The average Bonchev–Trinajstić information content (AvgIpc) is 2.27. The largest absolute Gasteiger partial charge is 0.291 e. The highest BCUT2D eigenvalue weighted by molar-refractivity contribution is 9.09. The zero-order chi connectivity index (χ0) is 10.8. The molecule has 0 saturated carbocycles. The molecule has 4 heteroatoms. The van der Waals surface area contributed by atoms with Gasteiger partial charge in [0.05, 0.1) is 22.4 Å². The minimum absolute atomic E-state index is 0.0216. The number of Topliss-reactive ketones (excluding diaryl/α,β-unsaturated/α-hetero) is 1. The lowest BCUT2D eigenvalue weighted by atomic mass is 10.00. The quantitative estimate of drug-likeness (QED) is 0.611. The number of rotatable bonds is 2. The Hall–Kier alpha value is -0.770. The van der Waals surface area contributed by atoms with Crippen LogP contribution in [0, 0.1) is 6.92 Å². The summed E-state index contributed by atoms with van der Waals surface area (Å²) in [7, 11) is 0. The third-order valence-electron chi connectivity index (χ3n) is 2.69. The van der Waals surface area contributed by atoms with E-state index in [1.54, 1.807) is 0 Å². The number of carbonyl (C=O) groups excluding carboxylic acids is 1. The molecular formula is C11H13BrN2O. The van der Waals surface area contributed by atoms with Crippen molar-refractivity contribution < 1.29 is 4.79 Å². The van der Waals surface area contributed by atoms with Gasteiger partial charge in [0.25, 0.3) is 0 Å². The lowest BCUT2D eigenvalue weighted by molar-refractivity contribution is 0.101. The molecule has 15 heavy (non-hydrogen) atoms. The van der Waals surface area contributed by atoms with Crippen molar-refractivity contribution in [1.82, 2.24) is 9.97 Å². The van der Waals surface area contributed by atoms with E-state index in [0.717, 1.165) is 36.3 Å². The average molecular weight is 269 g/mol. The van der Waals surface area contributed by atoms with Crippen LogP contribution in [0.5, 0.6) is 0 Å². The Morgan fingerprint density at radius 3 is 2.47 bits per heavy atom. The summed E-state index contributed by atoms with van der Waals surface area (Å²) in [5.74, 6) is 0.0216. The number of ketones is 1. The van der Waals surface area contributed by atoms with Crippen molar-refractivity contribution >= 4 is 21.7 Å².